The number of fused-ring (bicyclic) bond motifs is 1. The van der Waals surface area contributed by atoms with Gasteiger partial charge in [0.25, 0.3) is 0 Å². The van der Waals surface area contributed by atoms with Crippen molar-refractivity contribution in [1.82, 2.24) is 14.9 Å². The summed E-state index contributed by atoms with van der Waals surface area (Å²) in [7, 11) is 3.29. The smallest absolute Gasteiger partial charge is 0.233 e. The van der Waals surface area contributed by atoms with Gasteiger partial charge in [-0.15, -0.1) is 0 Å². The highest BCUT2D eigenvalue weighted by Crippen LogP contribution is 2.20. The highest BCUT2D eigenvalue weighted by atomic mass is 16.5. The quantitative estimate of drug-likeness (QED) is 0.610. The zero-order valence-electron chi connectivity index (χ0n) is 16.7. The first-order valence-corrected chi connectivity index (χ1v) is 9.70. The Morgan fingerprint density at radius 2 is 2.00 bits per heavy atom. The van der Waals surface area contributed by atoms with Crippen molar-refractivity contribution in [2.45, 2.75) is 25.0 Å². The molecule has 0 saturated carbocycles. The fourth-order valence-corrected chi connectivity index (χ4v) is 3.23. The van der Waals surface area contributed by atoms with Gasteiger partial charge in [-0.2, -0.15) is 0 Å². The molecule has 0 aliphatic carbocycles. The Hall–Kier alpha value is -2.00. The predicted octanol–water partition coefficient (Wildman–Crippen LogP) is 1.47. The van der Waals surface area contributed by atoms with Crippen molar-refractivity contribution in [3.63, 3.8) is 0 Å². The molecular formula is C20H30N4O4. The molecule has 2 aromatic rings. The third kappa shape index (κ3) is 6.00. The van der Waals surface area contributed by atoms with Crippen molar-refractivity contribution in [2.75, 3.05) is 53.7 Å². The highest BCUT2D eigenvalue weighted by molar-refractivity contribution is 5.76. The minimum Gasteiger partial charge on any atom is -0.497 e. The molecule has 8 nitrogen and oxygen atoms in total. The normalized spacial score (nSPS) is 17.0. The average Bonchev–Trinajstić information content (AvgIpc) is 2.72. The number of benzene rings is 1. The minimum atomic E-state index is -0.150. The van der Waals surface area contributed by atoms with E-state index in [9.17, 15) is 0 Å². The zero-order chi connectivity index (χ0) is 19.8. The number of hydrogen-bond donors (Lipinski definition) is 1. The van der Waals surface area contributed by atoms with Crippen LogP contribution >= 0.6 is 0 Å². The third-order valence-electron chi connectivity index (χ3n) is 4.84. The fourth-order valence-electron chi connectivity index (χ4n) is 3.23. The largest absolute Gasteiger partial charge is 0.497 e. The molecule has 1 aromatic carbocycles. The van der Waals surface area contributed by atoms with Crippen molar-refractivity contribution >= 4 is 11.0 Å². The van der Waals surface area contributed by atoms with E-state index in [1.165, 1.54) is 0 Å². The SMILES string of the molecule is COCCOCC(CN1CCC(N)CC1)Oc1cnc2ccc(OC)cc2n1. The van der Waals surface area contributed by atoms with E-state index in [0.29, 0.717) is 31.7 Å². The van der Waals surface area contributed by atoms with Crippen LogP contribution < -0.4 is 15.2 Å². The molecule has 1 atom stereocenters. The molecule has 0 bridgehead atoms. The van der Waals surface area contributed by atoms with Gasteiger partial charge in [-0.05, 0) is 38.1 Å². The maximum absolute atomic E-state index is 6.15. The second-order valence-electron chi connectivity index (χ2n) is 7.01. The van der Waals surface area contributed by atoms with Gasteiger partial charge in [0.05, 0.1) is 44.2 Å². The van der Waals surface area contributed by atoms with Crippen molar-refractivity contribution in [3.8, 4) is 11.6 Å². The van der Waals surface area contributed by atoms with Gasteiger partial charge in [0, 0.05) is 25.8 Å². The molecule has 0 radical (unpaired) electrons. The number of piperidine rings is 1. The number of rotatable bonds is 10. The molecule has 8 heteroatoms. The highest BCUT2D eigenvalue weighted by Gasteiger charge is 2.21. The van der Waals surface area contributed by atoms with E-state index < -0.39 is 0 Å². The molecule has 1 aromatic heterocycles. The first kappa shape index (κ1) is 20.7. The molecule has 1 unspecified atom stereocenters. The van der Waals surface area contributed by atoms with Gasteiger partial charge in [0.1, 0.15) is 11.9 Å². The number of ether oxygens (including phenoxy) is 4. The van der Waals surface area contributed by atoms with Crippen LogP contribution in [0.5, 0.6) is 11.6 Å². The Morgan fingerprint density at radius 3 is 2.75 bits per heavy atom. The Kier molecular flexibility index (Phi) is 7.79. The molecule has 0 spiro atoms. The zero-order valence-corrected chi connectivity index (χ0v) is 16.7. The monoisotopic (exact) mass is 390 g/mol. The van der Waals surface area contributed by atoms with Gasteiger partial charge in [-0.3, -0.25) is 4.90 Å². The van der Waals surface area contributed by atoms with Crippen LogP contribution in [0.3, 0.4) is 0 Å². The molecule has 1 aliphatic rings. The maximum Gasteiger partial charge on any atom is 0.233 e. The van der Waals surface area contributed by atoms with Crippen LogP contribution in [0.1, 0.15) is 12.8 Å². The predicted molar refractivity (Wildman–Crippen MR) is 107 cm³/mol. The lowest BCUT2D eigenvalue weighted by Crippen LogP contribution is -2.45. The van der Waals surface area contributed by atoms with Crippen molar-refractivity contribution in [3.05, 3.63) is 24.4 Å². The maximum atomic E-state index is 6.15. The number of nitrogens with two attached hydrogens (primary N) is 1. The standard InChI is InChI=1S/C20H30N4O4/c1-25-9-10-27-14-17(13-24-7-5-15(21)6-8-24)28-20-12-22-18-4-3-16(26-2)11-19(18)23-20/h3-4,11-12,15,17H,5-10,13-14,21H2,1-2H3. The van der Waals surface area contributed by atoms with E-state index in [0.717, 1.165) is 49.3 Å². The molecular weight excluding hydrogens is 360 g/mol. The summed E-state index contributed by atoms with van der Waals surface area (Å²) in [5.74, 6) is 1.22. The van der Waals surface area contributed by atoms with Gasteiger partial charge in [-0.25, -0.2) is 9.97 Å². The summed E-state index contributed by atoms with van der Waals surface area (Å²) in [4.78, 5) is 11.4. The lowest BCUT2D eigenvalue weighted by atomic mass is 10.1. The Bertz CT molecular complexity index is 737. The van der Waals surface area contributed by atoms with E-state index in [1.807, 2.05) is 18.2 Å². The summed E-state index contributed by atoms with van der Waals surface area (Å²) in [6.07, 6.45) is 3.52. The third-order valence-corrected chi connectivity index (χ3v) is 4.84. The van der Waals surface area contributed by atoms with Gasteiger partial charge < -0.3 is 24.7 Å². The van der Waals surface area contributed by atoms with Gasteiger partial charge in [-0.1, -0.05) is 0 Å². The van der Waals surface area contributed by atoms with Crippen molar-refractivity contribution in [1.29, 1.82) is 0 Å². The lowest BCUT2D eigenvalue weighted by molar-refractivity contribution is 0.00557. The Labute approximate surface area is 165 Å². The number of methoxy groups -OCH3 is 2. The van der Waals surface area contributed by atoms with Gasteiger partial charge in [0.2, 0.25) is 5.88 Å². The summed E-state index contributed by atoms with van der Waals surface area (Å²) in [6.45, 7) is 4.25. The van der Waals surface area contributed by atoms with Gasteiger partial charge >= 0.3 is 0 Å². The first-order chi connectivity index (χ1) is 13.7. The van der Waals surface area contributed by atoms with Crippen LogP contribution in [0.15, 0.2) is 24.4 Å². The molecule has 1 saturated heterocycles. The molecule has 2 heterocycles. The second-order valence-corrected chi connectivity index (χ2v) is 7.01. The molecule has 154 valence electrons. The molecule has 1 fully saturated rings. The van der Waals surface area contributed by atoms with E-state index in [1.54, 1.807) is 20.4 Å². The summed E-state index contributed by atoms with van der Waals surface area (Å²) in [6, 6.07) is 5.90. The lowest BCUT2D eigenvalue weighted by Gasteiger charge is -2.32. The van der Waals surface area contributed by atoms with Crippen LogP contribution in [0.25, 0.3) is 11.0 Å². The molecule has 1 aliphatic heterocycles. The van der Waals surface area contributed by atoms with Crippen LogP contribution in [-0.2, 0) is 9.47 Å². The number of aromatic nitrogens is 2. The number of hydrogen-bond acceptors (Lipinski definition) is 8. The number of likely N-dealkylation sites (tertiary alicyclic amines) is 1. The molecule has 2 N–H and O–H groups in total. The van der Waals surface area contributed by atoms with Crippen molar-refractivity contribution in [2.24, 2.45) is 5.73 Å². The van der Waals surface area contributed by atoms with E-state index in [4.69, 9.17) is 24.7 Å². The molecule has 0 amide bonds. The van der Waals surface area contributed by atoms with Crippen LogP contribution in [0.4, 0.5) is 0 Å². The first-order valence-electron chi connectivity index (χ1n) is 9.70. The second kappa shape index (κ2) is 10.5. The molecule has 28 heavy (non-hydrogen) atoms. The summed E-state index contributed by atoms with van der Waals surface area (Å²) >= 11 is 0. The average molecular weight is 390 g/mol. The fraction of sp³-hybridized carbons (Fsp3) is 0.600. The van der Waals surface area contributed by atoms with Crippen LogP contribution in [-0.4, -0.2) is 80.7 Å². The summed E-state index contributed by atoms with van der Waals surface area (Å²) < 4.78 is 22.2. The topological polar surface area (TPSA) is 92.0 Å². The van der Waals surface area contributed by atoms with Crippen molar-refractivity contribution < 1.29 is 18.9 Å². The van der Waals surface area contributed by atoms with E-state index >= 15 is 0 Å². The Morgan fingerprint density at radius 1 is 1.18 bits per heavy atom. The van der Waals surface area contributed by atoms with Gasteiger partial charge in [0.15, 0.2) is 0 Å². The van der Waals surface area contributed by atoms with E-state index in [-0.39, 0.29) is 6.10 Å². The van der Waals surface area contributed by atoms with E-state index in [2.05, 4.69) is 14.9 Å². The number of nitrogens with zero attached hydrogens (tertiary/aromatic N) is 3. The minimum absolute atomic E-state index is 0.150. The Balaban J connectivity index is 1.67. The molecule has 3 rings (SSSR count). The van der Waals surface area contributed by atoms with Crippen LogP contribution in [0.2, 0.25) is 0 Å². The van der Waals surface area contributed by atoms with Crippen LogP contribution in [0, 0.1) is 0 Å². The summed E-state index contributed by atoms with van der Waals surface area (Å²) in [5.41, 5.74) is 7.55. The summed E-state index contributed by atoms with van der Waals surface area (Å²) in [5, 5.41) is 0.